The molecule has 6 heteroatoms. The van der Waals surface area contributed by atoms with Gasteiger partial charge in [-0.15, -0.1) is 0 Å². The smallest absolute Gasteiger partial charge is 0.258 e. The van der Waals surface area contributed by atoms with Crippen LogP contribution in [0.2, 0.25) is 10.0 Å². The SMILES string of the molecule is Cc1cccc(N=C(N)NC(=O)c2ccc(Cl)c(Cl)c2)c1. The summed E-state index contributed by atoms with van der Waals surface area (Å²) in [6.07, 6.45) is 0. The maximum absolute atomic E-state index is 12.0. The second kappa shape index (κ2) is 6.61. The number of aliphatic imine (C=N–C) groups is 1. The van der Waals surface area contributed by atoms with Crippen molar-refractivity contribution in [2.75, 3.05) is 0 Å². The number of hydrogen-bond acceptors (Lipinski definition) is 2. The van der Waals surface area contributed by atoms with Crippen LogP contribution in [0.5, 0.6) is 0 Å². The van der Waals surface area contributed by atoms with Crippen molar-refractivity contribution in [3.05, 3.63) is 63.6 Å². The summed E-state index contributed by atoms with van der Waals surface area (Å²) in [5.41, 5.74) is 7.80. The third kappa shape index (κ3) is 4.21. The van der Waals surface area contributed by atoms with Crippen molar-refractivity contribution >= 4 is 40.8 Å². The van der Waals surface area contributed by atoms with Crippen LogP contribution in [0.1, 0.15) is 15.9 Å². The Bertz CT molecular complexity index is 714. The number of nitrogens with zero attached hydrogens (tertiary/aromatic N) is 1. The second-order valence-corrected chi connectivity index (χ2v) is 5.23. The molecule has 4 nitrogen and oxygen atoms in total. The number of aryl methyl sites for hydroxylation is 1. The highest BCUT2D eigenvalue weighted by molar-refractivity contribution is 6.42. The summed E-state index contributed by atoms with van der Waals surface area (Å²) in [5.74, 6) is -0.390. The second-order valence-electron chi connectivity index (χ2n) is 4.42. The van der Waals surface area contributed by atoms with Gasteiger partial charge < -0.3 is 5.73 Å². The van der Waals surface area contributed by atoms with E-state index in [0.29, 0.717) is 21.3 Å². The van der Waals surface area contributed by atoms with Crippen molar-refractivity contribution in [3.63, 3.8) is 0 Å². The minimum Gasteiger partial charge on any atom is -0.369 e. The highest BCUT2D eigenvalue weighted by Gasteiger charge is 2.09. The van der Waals surface area contributed by atoms with E-state index in [4.69, 9.17) is 28.9 Å². The van der Waals surface area contributed by atoms with Crippen LogP contribution in [0, 0.1) is 6.92 Å². The molecule has 0 aliphatic heterocycles. The Hall–Kier alpha value is -2.04. The Morgan fingerprint density at radius 2 is 1.90 bits per heavy atom. The lowest BCUT2D eigenvalue weighted by Crippen LogP contribution is -2.36. The van der Waals surface area contributed by atoms with Gasteiger partial charge in [-0.25, -0.2) is 4.99 Å². The van der Waals surface area contributed by atoms with E-state index < -0.39 is 5.91 Å². The van der Waals surface area contributed by atoms with Gasteiger partial charge in [0.2, 0.25) is 5.96 Å². The first kappa shape index (κ1) is 15.4. The van der Waals surface area contributed by atoms with Crippen molar-refractivity contribution in [3.8, 4) is 0 Å². The molecule has 0 aliphatic carbocycles. The van der Waals surface area contributed by atoms with Crippen LogP contribution in [-0.4, -0.2) is 11.9 Å². The van der Waals surface area contributed by atoms with E-state index in [1.54, 1.807) is 18.2 Å². The monoisotopic (exact) mass is 321 g/mol. The van der Waals surface area contributed by atoms with E-state index in [2.05, 4.69) is 10.3 Å². The van der Waals surface area contributed by atoms with E-state index >= 15 is 0 Å². The molecular weight excluding hydrogens is 309 g/mol. The van der Waals surface area contributed by atoms with E-state index in [0.717, 1.165) is 5.56 Å². The Morgan fingerprint density at radius 1 is 1.14 bits per heavy atom. The number of rotatable bonds is 2. The molecule has 1 amide bonds. The molecule has 2 aromatic carbocycles. The Labute approximate surface area is 132 Å². The molecule has 0 spiro atoms. The van der Waals surface area contributed by atoms with Gasteiger partial charge in [-0.1, -0.05) is 35.3 Å². The number of halogens is 2. The largest absolute Gasteiger partial charge is 0.369 e. The highest BCUT2D eigenvalue weighted by atomic mass is 35.5. The molecule has 0 bridgehead atoms. The lowest BCUT2D eigenvalue weighted by molar-refractivity contribution is 0.0976. The predicted molar refractivity (Wildman–Crippen MR) is 86.4 cm³/mol. The number of benzene rings is 2. The summed E-state index contributed by atoms with van der Waals surface area (Å²) < 4.78 is 0. The van der Waals surface area contributed by atoms with Crippen molar-refractivity contribution in [1.29, 1.82) is 0 Å². The number of amides is 1. The zero-order chi connectivity index (χ0) is 15.4. The van der Waals surface area contributed by atoms with Gasteiger partial charge in [-0.05, 0) is 42.8 Å². The van der Waals surface area contributed by atoms with Crippen molar-refractivity contribution < 1.29 is 4.79 Å². The maximum Gasteiger partial charge on any atom is 0.258 e. The zero-order valence-electron chi connectivity index (χ0n) is 11.2. The van der Waals surface area contributed by atoms with Crippen LogP contribution in [0.15, 0.2) is 47.5 Å². The molecule has 108 valence electrons. The summed E-state index contributed by atoms with van der Waals surface area (Å²) in [6, 6.07) is 12.0. The molecule has 0 unspecified atom stereocenters. The molecule has 0 atom stereocenters. The van der Waals surface area contributed by atoms with Gasteiger partial charge in [0.1, 0.15) is 0 Å². The zero-order valence-corrected chi connectivity index (χ0v) is 12.7. The number of hydrogen-bond donors (Lipinski definition) is 2. The lowest BCUT2D eigenvalue weighted by Gasteiger charge is -2.05. The Kier molecular flexibility index (Phi) is 4.83. The molecular formula is C15H13Cl2N3O. The Morgan fingerprint density at radius 3 is 2.57 bits per heavy atom. The first-order valence-electron chi connectivity index (χ1n) is 6.13. The van der Waals surface area contributed by atoms with Crippen molar-refractivity contribution in [2.24, 2.45) is 10.7 Å². The quantitative estimate of drug-likeness (QED) is 0.654. The highest BCUT2D eigenvalue weighted by Crippen LogP contribution is 2.22. The average molecular weight is 322 g/mol. The van der Waals surface area contributed by atoms with Crippen LogP contribution in [0.4, 0.5) is 5.69 Å². The van der Waals surface area contributed by atoms with Gasteiger partial charge in [0, 0.05) is 5.56 Å². The molecule has 2 aromatic rings. The van der Waals surface area contributed by atoms with E-state index in [9.17, 15) is 4.79 Å². The third-order valence-corrected chi connectivity index (χ3v) is 3.41. The molecule has 0 saturated heterocycles. The third-order valence-electron chi connectivity index (χ3n) is 2.67. The minimum atomic E-state index is -0.400. The average Bonchev–Trinajstić information content (AvgIpc) is 2.41. The predicted octanol–water partition coefficient (Wildman–Crippen LogP) is 3.68. The summed E-state index contributed by atoms with van der Waals surface area (Å²) in [6.45, 7) is 1.95. The molecule has 21 heavy (non-hydrogen) atoms. The molecule has 0 saturated carbocycles. The van der Waals surface area contributed by atoms with E-state index in [1.165, 1.54) is 6.07 Å². The topological polar surface area (TPSA) is 67.5 Å². The van der Waals surface area contributed by atoms with Gasteiger partial charge in [0.15, 0.2) is 0 Å². The fourth-order valence-electron chi connectivity index (χ4n) is 1.69. The summed E-state index contributed by atoms with van der Waals surface area (Å²) in [5, 5.41) is 3.19. The number of carbonyl (C=O) groups is 1. The van der Waals surface area contributed by atoms with Crippen molar-refractivity contribution in [1.82, 2.24) is 5.32 Å². The van der Waals surface area contributed by atoms with Crippen LogP contribution in [0.3, 0.4) is 0 Å². The number of guanidine groups is 1. The van der Waals surface area contributed by atoms with Gasteiger partial charge in [-0.2, -0.15) is 0 Å². The summed E-state index contributed by atoms with van der Waals surface area (Å²) >= 11 is 11.7. The molecule has 3 N–H and O–H groups in total. The fraction of sp³-hybridized carbons (Fsp3) is 0.0667. The van der Waals surface area contributed by atoms with Crippen LogP contribution >= 0.6 is 23.2 Å². The van der Waals surface area contributed by atoms with Crippen molar-refractivity contribution in [2.45, 2.75) is 6.92 Å². The molecule has 0 aromatic heterocycles. The first-order chi connectivity index (χ1) is 9.95. The first-order valence-corrected chi connectivity index (χ1v) is 6.88. The van der Waals surface area contributed by atoms with E-state index in [-0.39, 0.29) is 5.96 Å². The molecule has 0 aliphatic rings. The van der Waals surface area contributed by atoms with Crippen LogP contribution in [-0.2, 0) is 0 Å². The number of nitrogens with two attached hydrogens (primary N) is 1. The molecule has 2 rings (SSSR count). The van der Waals surface area contributed by atoms with Gasteiger partial charge in [0.25, 0.3) is 5.91 Å². The lowest BCUT2D eigenvalue weighted by atomic mass is 10.2. The number of carbonyl (C=O) groups excluding carboxylic acids is 1. The summed E-state index contributed by atoms with van der Waals surface area (Å²) in [7, 11) is 0. The maximum atomic E-state index is 12.0. The van der Waals surface area contributed by atoms with E-state index in [1.807, 2.05) is 25.1 Å². The number of nitrogens with one attached hydrogen (secondary N) is 1. The molecule has 0 heterocycles. The van der Waals surface area contributed by atoms with Gasteiger partial charge >= 0.3 is 0 Å². The normalized spacial score (nSPS) is 11.3. The standard InChI is InChI=1S/C15H13Cl2N3O/c1-9-3-2-4-11(7-9)19-15(18)20-14(21)10-5-6-12(16)13(17)8-10/h2-8H,1H3,(H3,18,19,20,21). The van der Waals surface area contributed by atoms with Gasteiger partial charge in [0.05, 0.1) is 15.7 Å². The molecule has 0 fully saturated rings. The minimum absolute atomic E-state index is 0.0108. The van der Waals surface area contributed by atoms with Gasteiger partial charge in [-0.3, -0.25) is 10.1 Å². The molecule has 0 radical (unpaired) electrons. The fourth-order valence-corrected chi connectivity index (χ4v) is 1.99. The Balaban J connectivity index is 2.13. The van der Waals surface area contributed by atoms with Crippen LogP contribution in [0.25, 0.3) is 0 Å². The summed E-state index contributed by atoms with van der Waals surface area (Å²) in [4.78, 5) is 16.1. The van der Waals surface area contributed by atoms with Crippen LogP contribution < -0.4 is 11.1 Å².